The molecular weight excluding hydrogens is 396 g/mol. The van der Waals surface area contributed by atoms with Crippen molar-refractivity contribution in [2.45, 2.75) is 11.8 Å². The molecule has 0 atom stereocenters. The minimum atomic E-state index is -4.04. The molecule has 0 aliphatic rings. The Kier molecular flexibility index (Phi) is 7.38. The third kappa shape index (κ3) is 5.58. The Bertz CT molecular complexity index is 1010. The summed E-state index contributed by atoms with van der Waals surface area (Å²) in [4.78, 5) is 11.5. The summed E-state index contributed by atoms with van der Waals surface area (Å²) in [5.41, 5.74) is 1.48. The van der Waals surface area contributed by atoms with Crippen LogP contribution in [0, 0.1) is 6.92 Å². The number of carbonyl (C=O) groups is 1. The highest BCUT2D eigenvalue weighted by molar-refractivity contribution is 7.89. The number of hydrazone groups is 1. The Morgan fingerprint density at radius 3 is 2.24 bits per heavy atom. The number of ether oxygens (including phenoxy) is 3. The van der Waals surface area contributed by atoms with Gasteiger partial charge in [0.1, 0.15) is 0 Å². The molecule has 0 bridgehead atoms. The van der Waals surface area contributed by atoms with Crippen molar-refractivity contribution >= 4 is 22.2 Å². The van der Waals surface area contributed by atoms with Gasteiger partial charge >= 0.3 is 5.97 Å². The molecule has 0 aliphatic heterocycles. The van der Waals surface area contributed by atoms with Gasteiger partial charge in [-0.2, -0.15) is 17.9 Å². The molecule has 0 aliphatic carbocycles. The van der Waals surface area contributed by atoms with Crippen LogP contribution < -0.4 is 9.47 Å². The van der Waals surface area contributed by atoms with E-state index in [-0.39, 0.29) is 4.90 Å². The van der Waals surface area contributed by atoms with Crippen LogP contribution in [0.25, 0.3) is 0 Å². The molecule has 0 saturated carbocycles. The number of aryl methyl sites for hydroxylation is 1. The van der Waals surface area contributed by atoms with Crippen molar-refractivity contribution in [3.05, 3.63) is 65.9 Å². The summed E-state index contributed by atoms with van der Waals surface area (Å²) in [5, 5.41) is 4.03. The first kappa shape index (κ1) is 22.0. The number of hydrogen-bond acceptors (Lipinski definition) is 7. The Morgan fingerprint density at radius 1 is 1.00 bits per heavy atom. The molecule has 2 aromatic carbocycles. The number of methoxy groups -OCH3 is 3. The van der Waals surface area contributed by atoms with Crippen LogP contribution in [-0.2, 0) is 19.6 Å². The standard InChI is InChI=1S/C20H22N2O6S/c1-15-5-8-17(9-6-15)29(24,25)22(12-11-20(23)28-4)21-14-16-7-10-18(26-2)19(13-16)27-3/h5-14H,1-4H3/b12-11-,21-14+. The van der Waals surface area contributed by atoms with E-state index in [2.05, 4.69) is 9.84 Å². The smallest absolute Gasteiger partial charge is 0.332 e. The normalized spacial score (nSPS) is 11.6. The van der Waals surface area contributed by atoms with Crippen molar-refractivity contribution in [2.75, 3.05) is 21.3 Å². The lowest BCUT2D eigenvalue weighted by Crippen LogP contribution is -2.21. The first-order chi connectivity index (χ1) is 13.8. The Hall–Kier alpha value is -3.33. The highest BCUT2D eigenvalue weighted by Crippen LogP contribution is 2.27. The largest absolute Gasteiger partial charge is 0.493 e. The van der Waals surface area contributed by atoms with Crippen LogP contribution in [0.5, 0.6) is 11.5 Å². The molecule has 9 heteroatoms. The zero-order valence-electron chi connectivity index (χ0n) is 16.5. The average Bonchev–Trinajstić information content (AvgIpc) is 2.73. The lowest BCUT2D eigenvalue weighted by atomic mass is 10.2. The fraction of sp³-hybridized carbons (Fsp3) is 0.200. The highest BCUT2D eigenvalue weighted by Gasteiger charge is 2.21. The minimum Gasteiger partial charge on any atom is -0.493 e. The maximum absolute atomic E-state index is 13.0. The minimum absolute atomic E-state index is 0.0297. The Balaban J connectivity index is 2.43. The van der Waals surface area contributed by atoms with Gasteiger partial charge in [0, 0.05) is 12.3 Å². The molecule has 0 fully saturated rings. The van der Waals surface area contributed by atoms with Gasteiger partial charge in [-0.15, -0.1) is 0 Å². The van der Waals surface area contributed by atoms with Crippen molar-refractivity contribution in [1.29, 1.82) is 0 Å². The maximum Gasteiger partial charge on any atom is 0.332 e. The molecule has 0 aromatic heterocycles. The Morgan fingerprint density at radius 2 is 1.66 bits per heavy atom. The molecule has 0 radical (unpaired) electrons. The molecule has 0 N–H and O–H groups in total. The topological polar surface area (TPSA) is 94.5 Å². The number of sulfonamides is 1. The van der Waals surface area contributed by atoms with Crippen molar-refractivity contribution < 1.29 is 27.4 Å². The lowest BCUT2D eigenvalue weighted by Gasteiger charge is -2.15. The first-order valence-corrected chi connectivity index (χ1v) is 9.89. The summed E-state index contributed by atoms with van der Waals surface area (Å²) in [6.45, 7) is 1.85. The highest BCUT2D eigenvalue weighted by atomic mass is 32.2. The second kappa shape index (κ2) is 9.74. The van der Waals surface area contributed by atoms with Gasteiger partial charge in [-0.3, -0.25) is 0 Å². The summed E-state index contributed by atoms with van der Waals surface area (Å²) in [5.74, 6) is 0.282. The van der Waals surface area contributed by atoms with Crippen molar-refractivity contribution in [1.82, 2.24) is 4.41 Å². The molecule has 0 amide bonds. The number of rotatable bonds is 8. The third-order valence-electron chi connectivity index (χ3n) is 3.83. The van der Waals surface area contributed by atoms with Gasteiger partial charge in [-0.25, -0.2) is 4.79 Å². The van der Waals surface area contributed by atoms with Crippen molar-refractivity contribution in [3.63, 3.8) is 0 Å². The molecule has 0 spiro atoms. The molecule has 154 valence electrons. The fourth-order valence-corrected chi connectivity index (χ4v) is 3.34. The van der Waals surface area contributed by atoms with Crippen LogP contribution in [0.15, 0.2) is 64.7 Å². The maximum atomic E-state index is 13.0. The van der Waals surface area contributed by atoms with Crippen LogP contribution in [0.1, 0.15) is 11.1 Å². The van der Waals surface area contributed by atoms with Gasteiger partial charge in [-0.1, -0.05) is 17.7 Å². The van der Waals surface area contributed by atoms with Gasteiger partial charge in [-0.05, 0) is 42.8 Å². The van der Waals surface area contributed by atoms with Crippen LogP contribution in [0.4, 0.5) is 0 Å². The van der Waals surface area contributed by atoms with Gasteiger partial charge in [0.15, 0.2) is 11.5 Å². The molecule has 0 heterocycles. The lowest BCUT2D eigenvalue weighted by molar-refractivity contribution is -0.134. The van der Waals surface area contributed by atoms with Crippen LogP contribution in [0.3, 0.4) is 0 Å². The number of benzene rings is 2. The van der Waals surface area contributed by atoms with Crippen LogP contribution >= 0.6 is 0 Å². The quantitative estimate of drug-likeness (QED) is 0.283. The van der Waals surface area contributed by atoms with E-state index in [0.29, 0.717) is 21.5 Å². The second-order valence-electron chi connectivity index (χ2n) is 5.79. The predicted octanol–water partition coefficient (Wildman–Crippen LogP) is 2.72. The summed E-state index contributed by atoms with van der Waals surface area (Å²) < 4.78 is 41.5. The molecule has 8 nitrogen and oxygen atoms in total. The van der Waals surface area contributed by atoms with Crippen LogP contribution in [0.2, 0.25) is 0 Å². The SMILES string of the molecule is COC(=O)/C=C\N(/N=C/c1ccc(OC)c(OC)c1)S(=O)(=O)c1ccc(C)cc1. The summed E-state index contributed by atoms with van der Waals surface area (Å²) in [7, 11) is 0.162. The molecule has 29 heavy (non-hydrogen) atoms. The van der Waals surface area contributed by atoms with E-state index < -0.39 is 16.0 Å². The third-order valence-corrected chi connectivity index (χ3v) is 5.41. The van der Waals surface area contributed by atoms with Crippen molar-refractivity contribution in [2.24, 2.45) is 5.10 Å². The summed E-state index contributed by atoms with van der Waals surface area (Å²) >= 11 is 0. The first-order valence-electron chi connectivity index (χ1n) is 8.45. The van der Waals surface area contributed by atoms with Gasteiger partial charge in [0.05, 0.1) is 32.4 Å². The van der Waals surface area contributed by atoms with E-state index in [1.165, 1.54) is 39.7 Å². The number of nitrogens with zero attached hydrogens (tertiary/aromatic N) is 2. The average molecular weight is 418 g/mol. The second-order valence-corrected chi connectivity index (χ2v) is 7.58. The fourth-order valence-electron chi connectivity index (χ4n) is 2.25. The van der Waals surface area contributed by atoms with E-state index in [0.717, 1.165) is 17.8 Å². The zero-order valence-corrected chi connectivity index (χ0v) is 17.3. The van der Waals surface area contributed by atoms with E-state index in [4.69, 9.17) is 9.47 Å². The molecule has 2 aromatic rings. The molecule has 0 unspecified atom stereocenters. The molecular formula is C20H22N2O6S. The van der Waals surface area contributed by atoms with E-state index >= 15 is 0 Å². The molecule has 2 rings (SSSR count). The van der Waals surface area contributed by atoms with Gasteiger partial charge < -0.3 is 14.2 Å². The van der Waals surface area contributed by atoms with E-state index in [1.54, 1.807) is 30.3 Å². The van der Waals surface area contributed by atoms with Crippen molar-refractivity contribution in [3.8, 4) is 11.5 Å². The zero-order chi connectivity index (χ0) is 21.4. The summed E-state index contributed by atoms with van der Waals surface area (Å²) in [6.07, 6.45) is 3.32. The Labute approximate surface area is 170 Å². The van der Waals surface area contributed by atoms with E-state index in [1.807, 2.05) is 6.92 Å². The summed E-state index contributed by atoms with van der Waals surface area (Å²) in [6, 6.07) is 11.3. The number of esters is 1. The van der Waals surface area contributed by atoms with Gasteiger partial charge in [0.25, 0.3) is 10.0 Å². The predicted molar refractivity (Wildman–Crippen MR) is 108 cm³/mol. The monoisotopic (exact) mass is 418 g/mol. The number of carbonyl (C=O) groups excluding carboxylic acids is 1. The molecule has 0 saturated heterocycles. The number of hydrogen-bond donors (Lipinski definition) is 0. The van der Waals surface area contributed by atoms with Crippen LogP contribution in [-0.4, -0.2) is 46.3 Å². The van der Waals surface area contributed by atoms with Gasteiger partial charge in [0.2, 0.25) is 0 Å². The van der Waals surface area contributed by atoms with E-state index in [9.17, 15) is 13.2 Å².